The standard InChI is InChI=1S/C28H43N5O7/c1-6-22(40-28(35)23-20-29-30-32(23)3)10-7-16-38-25-19-21(18-24(36-4)26(25)37-5)27(34)39-17-9-13-33-12-8-11-31(2)14-15-33/h18-20,22H,6-17H2,1-5H3. The highest BCUT2D eigenvalue weighted by Gasteiger charge is 2.20. The zero-order chi connectivity index (χ0) is 28.9. The molecule has 1 aliphatic heterocycles. The average molecular weight is 562 g/mol. The van der Waals surface area contributed by atoms with Gasteiger partial charge in [0, 0.05) is 26.7 Å². The van der Waals surface area contributed by atoms with Crippen LogP contribution in [0, 0.1) is 0 Å². The van der Waals surface area contributed by atoms with Crippen LogP contribution in [0.2, 0.25) is 0 Å². The van der Waals surface area contributed by atoms with Crippen molar-refractivity contribution in [1.82, 2.24) is 24.8 Å². The Labute approximate surface area is 236 Å². The van der Waals surface area contributed by atoms with Gasteiger partial charge in [0.15, 0.2) is 17.2 Å². The molecule has 1 aromatic carbocycles. The summed E-state index contributed by atoms with van der Waals surface area (Å²) in [4.78, 5) is 30.0. The highest BCUT2D eigenvalue weighted by molar-refractivity contribution is 5.91. The van der Waals surface area contributed by atoms with Crippen molar-refractivity contribution in [2.24, 2.45) is 7.05 Å². The number of likely N-dealkylation sites (N-methyl/N-ethyl adjacent to an activating group) is 1. The predicted molar refractivity (Wildman–Crippen MR) is 148 cm³/mol. The van der Waals surface area contributed by atoms with Gasteiger partial charge in [-0.05, 0) is 64.4 Å². The van der Waals surface area contributed by atoms with Gasteiger partial charge in [-0.15, -0.1) is 5.10 Å². The summed E-state index contributed by atoms with van der Waals surface area (Å²) in [6, 6.07) is 3.21. The lowest BCUT2D eigenvalue weighted by Crippen LogP contribution is -2.30. The minimum Gasteiger partial charge on any atom is -0.493 e. The van der Waals surface area contributed by atoms with E-state index in [9.17, 15) is 9.59 Å². The number of ether oxygens (including phenoxy) is 5. The number of aryl methyl sites for hydroxylation is 1. The van der Waals surface area contributed by atoms with Gasteiger partial charge in [0.05, 0.1) is 39.2 Å². The van der Waals surface area contributed by atoms with Gasteiger partial charge in [-0.1, -0.05) is 12.1 Å². The molecule has 1 unspecified atom stereocenters. The number of aromatic nitrogens is 3. The molecule has 0 amide bonds. The number of nitrogens with zero attached hydrogens (tertiary/aromatic N) is 5. The smallest absolute Gasteiger partial charge is 0.358 e. The molecule has 12 nitrogen and oxygen atoms in total. The summed E-state index contributed by atoms with van der Waals surface area (Å²) in [5.41, 5.74) is 0.624. The summed E-state index contributed by atoms with van der Waals surface area (Å²) in [6.07, 6.45) is 4.89. The SMILES string of the molecule is CCC(CCCOc1cc(C(=O)OCCCN2CCCN(C)CC2)cc(OC)c1OC)OC(=O)c1cnnn1C. The fourth-order valence-corrected chi connectivity index (χ4v) is 4.54. The maximum atomic E-state index is 12.8. The first-order valence-electron chi connectivity index (χ1n) is 13.9. The zero-order valence-corrected chi connectivity index (χ0v) is 24.4. The topological polar surface area (TPSA) is 117 Å². The second kappa shape index (κ2) is 16.0. The van der Waals surface area contributed by atoms with Crippen LogP contribution in [-0.4, -0.2) is 110 Å². The van der Waals surface area contributed by atoms with E-state index < -0.39 is 11.9 Å². The molecule has 3 rings (SSSR count). The summed E-state index contributed by atoms with van der Waals surface area (Å²) in [6.45, 7) is 7.78. The van der Waals surface area contributed by atoms with E-state index >= 15 is 0 Å². The van der Waals surface area contributed by atoms with Crippen molar-refractivity contribution in [3.8, 4) is 17.2 Å². The maximum absolute atomic E-state index is 12.8. The van der Waals surface area contributed by atoms with E-state index in [0.29, 0.717) is 61.0 Å². The Morgan fingerprint density at radius 2 is 1.77 bits per heavy atom. The van der Waals surface area contributed by atoms with Gasteiger partial charge in [0.2, 0.25) is 5.75 Å². The summed E-state index contributed by atoms with van der Waals surface area (Å²) >= 11 is 0. The first-order valence-corrected chi connectivity index (χ1v) is 13.9. The van der Waals surface area contributed by atoms with Crippen molar-refractivity contribution in [3.05, 3.63) is 29.6 Å². The summed E-state index contributed by atoms with van der Waals surface area (Å²) in [5.74, 6) is 0.257. The Hall–Kier alpha value is -3.38. The van der Waals surface area contributed by atoms with Gasteiger partial charge in [-0.2, -0.15) is 0 Å². The molecular formula is C28H43N5O7. The van der Waals surface area contributed by atoms with E-state index in [1.165, 1.54) is 25.1 Å². The summed E-state index contributed by atoms with van der Waals surface area (Å²) in [7, 11) is 6.81. The lowest BCUT2D eigenvalue weighted by molar-refractivity contribution is 0.0247. The molecule has 1 saturated heterocycles. The van der Waals surface area contributed by atoms with Crippen LogP contribution >= 0.6 is 0 Å². The van der Waals surface area contributed by atoms with Gasteiger partial charge in [-0.3, -0.25) is 0 Å². The van der Waals surface area contributed by atoms with Gasteiger partial charge in [-0.25, -0.2) is 14.3 Å². The Morgan fingerprint density at radius 1 is 0.975 bits per heavy atom. The third-order valence-corrected chi connectivity index (χ3v) is 6.93. The molecule has 1 fully saturated rings. The number of hydrogen-bond donors (Lipinski definition) is 0. The molecule has 0 aliphatic carbocycles. The van der Waals surface area contributed by atoms with Gasteiger partial charge in [0.1, 0.15) is 6.10 Å². The van der Waals surface area contributed by atoms with E-state index in [1.807, 2.05) is 6.92 Å². The van der Waals surface area contributed by atoms with E-state index in [2.05, 4.69) is 27.2 Å². The quantitative estimate of drug-likeness (QED) is 0.236. The van der Waals surface area contributed by atoms with Gasteiger partial charge >= 0.3 is 11.9 Å². The van der Waals surface area contributed by atoms with Crippen molar-refractivity contribution < 1.29 is 33.3 Å². The van der Waals surface area contributed by atoms with Gasteiger partial charge < -0.3 is 33.5 Å². The van der Waals surface area contributed by atoms with Crippen LogP contribution in [0.3, 0.4) is 0 Å². The molecule has 1 aliphatic rings. The maximum Gasteiger partial charge on any atom is 0.358 e. The van der Waals surface area contributed by atoms with Crippen LogP contribution < -0.4 is 14.2 Å². The Balaban J connectivity index is 1.51. The molecule has 222 valence electrons. The molecular weight excluding hydrogens is 518 g/mol. The second-order valence-corrected chi connectivity index (χ2v) is 9.87. The highest BCUT2D eigenvalue weighted by Crippen LogP contribution is 2.38. The van der Waals surface area contributed by atoms with Gasteiger partial charge in [0.25, 0.3) is 0 Å². The minimum absolute atomic E-state index is 0.279. The number of hydrogen-bond acceptors (Lipinski definition) is 11. The zero-order valence-electron chi connectivity index (χ0n) is 24.4. The molecule has 1 atom stereocenters. The van der Waals surface area contributed by atoms with Crippen LogP contribution in [-0.2, 0) is 16.5 Å². The van der Waals surface area contributed by atoms with Crippen LogP contribution in [0.1, 0.15) is 59.9 Å². The van der Waals surface area contributed by atoms with E-state index in [0.717, 1.165) is 45.6 Å². The molecule has 0 spiro atoms. The average Bonchev–Trinajstić information content (AvgIpc) is 3.28. The number of carbonyl (C=O) groups is 2. The number of methoxy groups -OCH3 is 2. The van der Waals surface area contributed by atoms with E-state index in [1.54, 1.807) is 19.2 Å². The van der Waals surface area contributed by atoms with Crippen LogP contribution in [0.4, 0.5) is 0 Å². The third kappa shape index (κ3) is 9.09. The van der Waals surface area contributed by atoms with Crippen molar-refractivity contribution >= 4 is 11.9 Å². The largest absolute Gasteiger partial charge is 0.493 e. The highest BCUT2D eigenvalue weighted by atomic mass is 16.5. The first-order chi connectivity index (χ1) is 19.4. The van der Waals surface area contributed by atoms with Crippen LogP contribution in [0.15, 0.2) is 18.3 Å². The fourth-order valence-electron chi connectivity index (χ4n) is 4.54. The monoisotopic (exact) mass is 561 g/mol. The molecule has 40 heavy (non-hydrogen) atoms. The van der Waals surface area contributed by atoms with Crippen molar-refractivity contribution in [1.29, 1.82) is 0 Å². The first kappa shape index (κ1) is 31.2. The van der Waals surface area contributed by atoms with Crippen LogP contribution in [0.25, 0.3) is 0 Å². The van der Waals surface area contributed by atoms with Crippen LogP contribution in [0.5, 0.6) is 17.2 Å². The molecule has 0 N–H and O–H groups in total. The number of rotatable bonds is 15. The molecule has 0 saturated carbocycles. The molecule has 2 aromatic rings. The Kier molecular flexibility index (Phi) is 12.5. The molecule has 1 aromatic heterocycles. The van der Waals surface area contributed by atoms with Crippen molar-refractivity contribution in [2.75, 3.05) is 67.2 Å². The van der Waals surface area contributed by atoms with E-state index in [4.69, 9.17) is 23.7 Å². The van der Waals surface area contributed by atoms with E-state index in [-0.39, 0.29) is 6.10 Å². The lowest BCUT2D eigenvalue weighted by Gasteiger charge is -2.20. The Morgan fingerprint density at radius 3 is 2.48 bits per heavy atom. The number of benzene rings is 1. The van der Waals surface area contributed by atoms with Crippen molar-refractivity contribution in [3.63, 3.8) is 0 Å². The summed E-state index contributed by atoms with van der Waals surface area (Å²) in [5, 5.41) is 7.48. The fraction of sp³-hybridized carbons (Fsp3) is 0.643. The third-order valence-electron chi connectivity index (χ3n) is 6.93. The molecule has 2 heterocycles. The normalized spacial score (nSPS) is 15.2. The Bertz CT molecular complexity index is 1090. The predicted octanol–water partition coefficient (Wildman–Crippen LogP) is 2.81. The number of esters is 2. The molecule has 0 bridgehead atoms. The lowest BCUT2D eigenvalue weighted by atomic mass is 10.1. The molecule has 0 radical (unpaired) electrons. The minimum atomic E-state index is -0.461. The second-order valence-electron chi connectivity index (χ2n) is 9.87. The van der Waals surface area contributed by atoms with Crippen molar-refractivity contribution in [2.45, 2.75) is 45.1 Å². The number of carbonyl (C=O) groups excluding carboxylic acids is 2. The summed E-state index contributed by atoms with van der Waals surface area (Å²) < 4.78 is 29.5. The molecule has 12 heteroatoms.